The SMILES string of the molecule is COc1cc(Nc2ncc(C3CCN(CC4CCCCC4)CC3)c(N)n2)ccn1. The molecule has 0 spiro atoms. The Labute approximate surface area is 173 Å². The minimum absolute atomic E-state index is 0.452. The maximum Gasteiger partial charge on any atom is 0.229 e. The number of ether oxygens (including phenoxy) is 1. The molecule has 0 aromatic carbocycles. The Morgan fingerprint density at radius 2 is 1.93 bits per heavy atom. The Kier molecular flexibility index (Phi) is 6.44. The number of aromatic nitrogens is 3. The van der Waals surface area contributed by atoms with Crippen LogP contribution in [0.4, 0.5) is 17.5 Å². The normalized spacial score (nSPS) is 19.2. The van der Waals surface area contributed by atoms with Gasteiger partial charge in [0.2, 0.25) is 11.8 Å². The summed E-state index contributed by atoms with van der Waals surface area (Å²) in [7, 11) is 1.59. The number of methoxy groups -OCH3 is 1. The van der Waals surface area contributed by atoms with Crippen molar-refractivity contribution in [3.05, 3.63) is 30.1 Å². The second kappa shape index (κ2) is 9.39. The molecule has 1 aliphatic heterocycles. The van der Waals surface area contributed by atoms with Crippen LogP contribution in [0, 0.1) is 5.92 Å². The third-order valence-corrected chi connectivity index (χ3v) is 6.32. The third kappa shape index (κ3) is 5.15. The van der Waals surface area contributed by atoms with Crippen LogP contribution in [0.3, 0.4) is 0 Å². The fraction of sp³-hybridized carbons (Fsp3) is 0.591. The Morgan fingerprint density at radius 1 is 1.14 bits per heavy atom. The number of pyridine rings is 1. The summed E-state index contributed by atoms with van der Waals surface area (Å²) in [6, 6.07) is 3.65. The van der Waals surface area contributed by atoms with Crippen LogP contribution < -0.4 is 15.8 Å². The first-order chi connectivity index (χ1) is 14.2. The van der Waals surface area contributed by atoms with Gasteiger partial charge in [0, 0.05) is 36.3 Å². The van der Waals surface area contributed by atoms with E-state index in [9.17, 15) is 0 Å². The highest BCUT2D eigenvalue weighted by Gasteiger charge is 2.25. The Balaban J connectivity index is 1.33. The van der Waals surface area contributed by atoms with Gasteiger partial charge in [0.25, 0.3) is 0 Å². The van der Waals surface area contributed by atoms with Crippen molar-refractivity contribution in [1.82, 2.24) is 19.9 Å². The number of rotatable bonds is 6. The van der Waals surface area contributed by atoms with Crippen LogP contribution in [0.5, 0.6) is 5.88 Å². The molecule has 7 nitrogen and oxygen atoms in total. The number of nitrogens with one attached hydrogen (secondary N) is 1. The average Bonchev–Trinajstić information content (AvgIpc) is 2.75. The standard InChI is InChI=1S/C22H32N6O/c1-29-20-13-18(7-10-24-20)26-22-25-14-19(21(23)27-22)17-8-11-28(12-9-17)15-16-5-3-2-4-6-16/h7,10,13-14,16-17H,2-6,8-9,11-12,15H2,1H3,(H3,23,24,25,26,27). The molecule has 2 aromatic rings. The van der Waals surface area contributed by atoms with Gasteiger partial charge < -0.3 is 20.7 Å². The molecule has 1 aliphatic carbocycles. The molecule has 156 valence electrons. The highest BCUT2D eigenvalue weighted by atomic mass is 16.5. The number of nitrogen functional groups attached to an aromatic ring is 1. The number of hydrogen-bond donors (Lipinski definition) is 2. The monoisotopic (exact) mass is 396 g/mol. The van der Waals surface area contributed by atoms with Gasteiger partial charge >= 0.3 is 0 Å². The molecule has 0 amide bonds. The van der Waals surface area contributed by atoms with Crippen LogP contribution >= 0.6 is 0 Å². The average molecular weight is 397 g/mol. The summed E-state index contributed by atoms with van der Waals surface area (Å²) in [4.78, 5) is 15.7. The zero-order valence-electron chi connectivity index (χ0n) is 17.3. The van der Waals surface area contributed by atoms with Gasteiger partial charge in [-0.3, -0.25) is 0 Å². The topological polar surface area (TPSA) is 89.2 Å². The first-order valence-electron chi connectivity index (χ1n) is 10.8. The van der Waals surface area contributed by atoms with E-state index in [0.29, 0.717) is 23.6 Å². The molecule has 7 heteroatoms. The highest BCUT2D eigenvalue weighted by molar-refractivity contribution is 5.56. The number of nitrogens with two attached hydrogens (primary N) is 1. The largest absolute Gasteiger partial charge is 0.481 e. The molecule has 0 atom stereocenters. The van der Waals surface area contributed by atoms with Crippen molar-refractivity contribution in [1.29, 1.82) is 0 Å². The molecular weight excluding hydrogens is 364 g/mol. The minimum atomic E-state index is 0.452. The summed E-state index contributed by atoms with van der Waals surface area (Å²) in [5, 5.41) is 3.17. The zero-order valence-corrected chi connectivity index (χ0v) is 17.3. The van der Waals surface area contributed by atoms with Crippen LogP contribution in [0.2, 0.25) is 0 Å². The summed E-state index contributed by atoms with van der Waals surface area (Å²) < 4.78 is 5.15. The van der Waals surface area contributed by atoms with E-state index in [0.717, 1.165) is 43.1 Å². The molecule has 0 unspecified atom stereocenters. The maximum atomic E-state index is 6.30. The first-order valence-corrected chi connectivity index (χ1v) is 10.8. The van der Waals surface area contributed by atoms with Gasteiger partial charge in [-0.2, -0.15) is 4.98 Å². The number of hydrogen-bond acceptors (Lipinski definition) is 7. The van der Waals surface area contributed by atoms with Crippen LogP contribution in [-0.4, -0.2) is 46.6 Å². The fourth-order valence-corrected chi connectivity index (χ4v) is 4.67. The van der Waals surface area contributed by atoms with Gasteiger partial charge in [0.05, 0.1) is 7.11 Å². The molecule has 3 heterocycles. The first kappa shape index (κ1) is 19.9. The van der Waals surface area contributed by atoms with Gasteiger partial charge in [-0.1, -0.05) is 19.3 Å². The summed E-state index contributed by atoms with van der Waals surface area (Å²) in [6.45, 7) is 3.58. The maximum absolute atomic E-state index is 6.30. The molecule has 2 fully saturated rings. The number of piperidine rings is 1. The Morgan fingerprint density at radius 3 is 2.66 bits per heavy atom. The van der Waals surface area contributed by atoms with Crippen LogP contribution in [0.25, 0.3) is 0 Å². The molecule has 29 heavy (non-hydrogen) atoms. The molecule has 4 rings (SSSR count). The molecule has 2 aromatic heterocycles. The quantitative estimate of drug-likeness (QED) is 0.764. The van der Waals surface area contributed by atoms with Crippen molar-refractivity contribution in [2.75, 3.05) is 37.8 Å². The number of anilines is 3. The summed E-state index contributed by atoms with van der Waals surface area (Å²) in [5.74, 6) is 2.97. The van der Waals surface area contributed by atoms with Crippen LogP contribution in [-0.2, 0) is 0 Å². The van der Waals surface area contributed by atoms with Gasteiger partial charge in [0.15, 0.2) is 0 Å². The fourth-order valence-electron chi connectivity index (χ4n) is 4.67. The number of nitrogens with zero attached hydrogens (tertiary/aromatic N) is 4. The lowest BCUT2D eigenvalue weighted by atomic mass is 9.87. The molecule has 1 saturated heterocycles. The molecule has 1 saturated carbocycles. The molecule has 0 bridgehead atoms. The van der Waals surface area contributed by atoms with Gasteiger partial charge in [-0.15, -0.1) is 0 Å². The lowest BCUT2D eigenvalue weighted by Gasteiger charge is -2.35. The van der Waals surface area contributed by atoms with Crippen molar-refractivity contribution in [2.24, 2.45) is 5.92 Å². The lowest BCUT2D eigenvalue weighted by molar-refractivity contribution is 0.164. The zero-order chi connectivity index (χ0) is 20.1. The summed E-state index contributed by atoms with van der Waals surface area (Å²) in [6.07, 6.45) is 12.9. The summed E-state index contributed by atoms with van der Waals surface area (Å²) >= 11 is 0. The highest BCUT2D eigenvalue weighted by Crippen LogP contribution is 2.33. The van der Waals surface area contributed by atoms with Crippen molar-refractivity contribution in [3.63, 3.8) is 0 Å². The second-order valence-electron chi connectivity index (χ2n) is 8.32. The predicted molar refractivity (Wildman–Crippen MR) is 116 cm³/mol. The van der Waals surface area contributed by atoms with Crippen LogP contribution in [0.1, 0.15) is 56.4 Å². The van der Waals surface area contributed by atoms with Crippen molar-refractivity contribution >= 4 is 17.5 Å². The van der Waals surface area contributed by atoms with Crippen molar-refractivity contribution < 1.29 is 4.74 Å². The van der Waals surface area contributed by atoms with E-state index in [1.165, 1.54) is 38.6 Å². The Bertz CT molecular complexity index is 800. The van der Waals surface area contributed by atoms with Crippen LogP contribution in [0.15, 0.2) is 24.5 Å². The van der Waals surface area contributed by atoms with E-state index in [4.69, 9.17) is 10.5 Å². The summed E-state index contributed by atoms with van der Waals surface area (Å²) in [5.41, 5.74) is 8.21. The third-order valence-electron chi connectivity index (χ3n) is 6.32. The van der Waals surface area contributed by atoms with E-state index in [1.54, 1.807) is 19.4 Å². The smallest absolute Gasteiger partial charge is 0.229 e. The van der Waals surface area contributed by atoms with E-state index < -0.39 is 0 Å². The van der Waals surface area contributed by atoms with Gasteiger partial charge in [0.1, 0.15) is 5.82 Å². The minimum Gasteiger partial charge on any atom is -0.481 e. The second-order valence-corrected chi connectivity index (χ2v) is 8.32. The van der Waals surface area contributed by atoms with E-state index in [1.807, 2.05) is 12.3 Å². The van der Waals surface area contributed by atoms with Crippen molar-refractivity contribution in [3.8, 4) is 5.88 Å². The lowest BCUT2D eigenvalue weighted by Crippen LogP contribution is -2.37. The van der Waals surface area contributed by atoms with Gasteiger partial charge in [-0.25, -0.2) is 9.97 Å². The molecule has 0 radical (unpaired) electrons. The Hall–Kier alpha value is -2.41. The van der Waals surface area contributed by atoms with E-state index in [2.05, 4.69) is 25.2 Å². The van der Waals surface area contributed by atoms with Gasteiger partial charge in [-0.05, 0) is 56.7 Å². The molecule has 3 N–H and O–H groups in total. The van der Waals surface area contributed by atoms with E-state index >= 15 is 0 Å². The van der Waals surface area contributed by atoms with Crippen molar-refractivity contribution in [2.45, 2.75) is 50.9 Å². The molecule has 2 aliphatic rings. The predicted octanol–water partition coefficient (Wildman–Crippen LogP) is 3.97. The van der Waals surface area contributed by atoms with E-state index in [-0.39, 0.29) is 0 Å². The number of likely N-dealkylation sites (tertiary alicyclic amines) is 1. The molecular formula is C22H32N6O.